The van der Waals surface area contributed by atoms with E-state index in [2.05, 4.69) is 22.3 Å². The largest absolute Gasteiger partial charge is 0.491 e. The van der Waals surface area contributed by atoms with E-state index in [0.29, 0.717) is 13.2 Å². The first-order chi connectivity index (χ1) is 11.3. The van der Waals surface area contributed by atoms with E-state index in [9.17, 15) is 5.11 Å². The number of aliphatic hydroxyl groups is 1. The molecule has 0 aliphatic carbocycles. The molecule has 2 aromatic carbocycles. The van der Waals surface area contributed by atoms with Gasteiger partial charge in [-0.2, -0.15) is 0 Å². The number of rotatable bonds is 6. The lowest BCUT2D eigenvalue weighted by molar-refractivity contribution is 0.0641. The second-order valence-electron chi connectivity index (χ2n) is 5.91. The van der Waals surface area contributed by atoms with E-state index in [4.69, 9.17) is 4.74 Å². The van der Waals surface area contributed by atoms with Crippen LogP contribution in [-0.4, -0.2) is 55.4 Å². The number of hydrogen-bond donors (Lipinski definition) is 2. The molecule has 1 aliphatic rings. The van der Waals surface area contributed by atoms with Crippen LogP contribution in [0.25, 0.3) is 11.1 Å². The van der Waals surface area contributed by atoms with Gasteiger partial charge in [-0.05, 0) is 23.3 Å². The molecule has 4 heteroatoms. The third-order valence-electron chi connectivity index (χ3n) is 4.08. The fourth-order valence-corrected chi connectivity index (χ4v) is 2.81. The average Bonchev–Trinajstić information content (AvgIpc) is 2.62. The summed E-state index contributed by atoms with van der Waals surface area (Å²) in [6, 6.07) is 18.3. The zero-order valence-corrected chi connectivity index (χ0v) is 13.3. The molecule has 1 unspecified atom stereocenters. The van der Waals surface area contributed by atoms with Gasteiger partial charge in [0.15, 0.2) is 0 Å². The number of piperazine rings is 1. The minimum absolute atomic E-state index is 0.328. The monoisotopic (exact) mass is 312 g/mol. The topological polar surface area (TPSA) is 44.7 Å². The maximum Gasteiger partial charge on any atom is 0.119 e. The lowest BCUT2D eigenvalue weighted by atomic mass is 10.1. The molecule has 0 aromatic heterocycles. The fraction of sp³-hybridized carbons (Fsp3) is 0.368. The summed E-state index contributed by atoms with van der Waals surface area (Å²) < 4.78 is 5.71. The van der Waals surface area contributed by atoms with Crippen molar-refractivity contribution >= 4 is 0 Å². The smallest absolute Gasteiger partial charge is 0.119 e. The Morgan fingerprint density at radius 3 is 2.30 bits per heavy atom. The van der Waals surface area contributed by atoms with Gasteiger partial charge in [0.2, 0.25) is 0 Å². The SMILES string of the molecule is OC(COc1ccc(-c2ccccc2)cc1)CN1CCNCC1. The highest BCUT2D eigenvalue weighted by atomic mass is 16.5. The van der Waals surface area contributed by atoms with Crippen LogP contribution in [0.2, 0.25) is 0 Å². The zero-order chi connectivity index (χ0) is 15.9. The minimum Gasteiger partial charge on any atom is -0.491 e. The Morgan fingerprint density at radius 1 is 0.957 bits per heavy atom. The van der Waals surface area contributed by atoms with Gasteiger partial charge in [-0.15, -0.1) is 0 Å². The molecular weight excluding hydrogens is 288 g/mol. The molecule has 0 saturated carbocycles. The lowest BCUT2D eigenvalue weighted by Crippen LogP contribution is -2.47. The number of benzene rings is 2. The van der Waals surface area contributed by atoms with Crippen molar-refractivity contribution in [2.75, 3.05) is 39.3 Å². The van der Waals surface area contributed by atoms with Crippen molar-refractivity contribution in [2.45, 2.75) is 6.10 Å². The molecule has 4 nitrogen and oxygen atoms in total. The number of β-amino-alcohol motifs (C(OH)–C–C–N with tert-alkyl or cyclic N) is 1. The van der Waals surface area contributed by atoms with Crippen LogP contribution in [-0.2, 0) is 0 Å². The van der Waals surface area contributed by atoms with Crippen LogP contribution < -0.4 is 10.1 Å². The lowest BCUT2D eigenvalue weighted by Gasteiger charge is -2.29. The predicted molar refractivity (Wildman–Crippen MR) is 92.7 cm³/mol. The summed E-state index contributed by atoms with van der Waals surface area (Å²) in [4.78, 5) is 2.27. The summed E-state index contributed by atoms with van der Waals surface area (Å²) >= 11 is 0. The molecule has 23 heavy (non-hydrogen) atoms. The number of nitrogens with one attached hydrogen (secondary N) is 1. The van der Waals surface area contributed by atoms with Gasteiger partial charge in [0.1, 0.15) is 18.5 Å². The predicted octanol–water partition coefficient (Wildman–Crippen LogP) is 2.00. The molecule has 0 radical (unpaired) electrons. The number of hydrogen-bond acceptors (Lipinski definition) is 4. The molecule has 122 valence electrons. The van der Waals surface area contributed by atoms with E-state index in [1.807, 2.05) is 42.5 Å². The van der Waals surface area contributed by atoms with Gasteiger partial charge in [0.25, 0.3) is 0 Å². The molecule has 0 amide bonds. The van der Waals surface area contributed by atoms with Crippen LogP contribution >= 0.6 is 0 Å². The van der Waals surface area contributed by atoms with Gasteiger partial charge in [0.05, 0.1) is 0 Å². The summed E-state index contributed by atoms with van der Waals surface area (Å²) in [5.41, 5.74) is 2.36. The zero-order valence-electron chi connectivity index (χ0n) is 13.3. The summed E-state index contributed by atoms with van der Waals surface area (Å²) in [6.07, 6.45) is -0.457. The fourth-order valence-electron chi connectivity index (χ4n) is 2.81. The Balaban J connectivity index is 1.48. The van der Waals surface area contributed by atoms with Gasteiger partial charge in [0, 0.05) is 32.7 Å². The highest BCUT2D eigenvalue weighted by molar-refractivity contribution is 5.63. The van der Waals surface area contributed by atoms with Crippen molar-refractivity contribution in [2.24, 2.45) is 0 Å². The third kappa shape index (κ3) is 4.79. The van der Waals surface area contributed by atoms with Crippen LogP contribution in [0.15, 0.2) is 54.6 Å². The van der Waals surface area contributed by atoms with Crippen molar-refractivity contribution < 1.29 is 9.84 Å². The first-order valence-corrected chi connectivity index (χ1v) is 8.21. The van der Waals surface area contributed by atoms with Crippen molar-refractivity contribution in [3.8, 4) is 16.9 Å². The molecule has 1 fully saturated rings. The Bertz CT molecular complexity index is 580. The molecule has 1 atom stereocenters. The van der Waals surface area contributed by atoms with Crippen LogP contribution in [0.3, 0.4) is 0 Å². The average molecular weight is 312 g/mol. The Labute approximate surface area is 137 Å². The molecule has 2 aromatic rings. The van der Waals surface area contributed by atoms with E-state index in [1.165, 1.54) is 11.1 Å². The summed E-state index contributed by atoms with van der Waals surface area (Å²) in [6.45, 7) is 4.97. The standard InChI is InChI=1S/C19H24N2O2/c22-18(14-21-12-10-20-11-13-21)15-23-19-8-6-17(7-9-19)16-4-2-1-3-5-16/h1-9,18,20,22H,10-15H2. The van der Waals surface area contributed by atoms with E-state index in [1.54, 1.807) is 0 Å². The molecule has 1 aliphatic heterocycles. The molecule has 2 N–H and O–H groups in total. The van der Waals surface area contributed by atoms with Gasteiger partial charge in [-0.3, -0.25) is 4.90 Å². The highest BCUT2D eigenvalue weighted by Gasteiger charge is 2.14. The van der Waals surface area contributed by atoms with Crippen molar-refractivity contribution in [1.29, 1.82) is 0 Å². The number of ether oxygens (including phenoxy) is 1. The molecule has 1 heterocycles. The van der Waals surface area contributed by atoms with E-state index < -0.39 is 6.10 Å². The van der Waals surface area contributed by atoms with Crippen LogP contribution in [0.5, 0.6) is 5.75 Å². The number of aliphatic hydroxyl groups excluding tert-OH is 1. The summed E-state index contributed by atoms with van der Waals surface area (Å²) in [5, 5.41) is 13.4. The maximum atomic E-state index is 10.1. The first-order valence-electron chi connectivity index (χ1n) is 8.21. The van der Waals surface area contributed by atoms with E-state index in [-0.39, 0.29) is 0 Å². The Hall–Kier alpha value is -1.88. The van der Waals surface area contributed by atoms with Crippen molar-refractivity contribution in [1.82, 2.24) is 10.2 Å². The van der Waals surface area contributed by atoms with Gasteiger partial charge in [-0.1, -0.05) is 42.5 Å². The quantitative estimate of drug-likeness (QED) is 0.856. The highest BCUT2D eigenvalue weighted by Crippen LogP contribution is 2.22. The van der Waals surface area contributed by atoms with Crippen molar-refractivity contribution in [3.63, 3.8) is 0 Å². The first kappa shape index (κ1) is 16.0. The second kappa shape index (κ2) is 8.11. The molecule has 0 spiro atoms. The summed E-state index contributed by atoms with van der Waals surface area (Å²) in [5.74, 6) is 0.795. The van der Waals surface area contributed by atoms with E-state index >= 15 is 0 Å². The molecule has 0 bridgehead atoms. The Morgan fingerprint density at radius 2 is 1.61 bits per heavy atom. The van der Waals surface area contributed by atoms with Crippen LogP contribution in [0.1, 0.15) is 0 Å². The van der Waals surface area contributed by atoms with Gasteiger partial charge in [-0.25, -0.2) is 0 Å². The van der Waals surface area contributed by atoms with Crippen LogP contribution in [0, 0.1) is 0 Å². The van der Waals surface area contributed by atoms with Gasteiger partial charge >= 0.3 is 0 Å². The Kier molecular flexibility index (Phi) is 5.64. The van der Waals surface area contributed by atoms with Crippen LogP contribution in [0.4, 0.5) is 0 Å². The van der Waals surface area contributed by atoms with Gasteiger partial charge < -0.3 is 15.2 Å². The van der Waals surface area contributed by atoms with Crippen molar-refractivity contribution in [3.05, 3.63) is 54.6 Å². The van der Waals surface area contributed by atoms with E-state index in [0.717, 1.165) is 31.9 Å². The second-order valence-corrected chi connectivity index (χ2v) is 5.91. The number of nitrogens with zero attached hydrogens (tertiary/aromatic N) is 1. The molecule has 3 rings (SSSR count). The maximum absolute atomic E-state index is 10.1. The molecule has 1 saturated heterocycles. The third-order valence-corrected chi connectivity index (χ3v) is 4.08. The minimum atomic E-state index is -0.457. The molecular formula is C19H24N2O2. The normalized spacial score (nSPS) is 16.9. The summed E-state index contributed by atoms with van der Waals surface area (Å²) in [7, 11) is 0.